The van der Waals surface area contributed by atoms with Gasteiger partial charge in [0.05, 0.1) is 10.9 Å². The number of nitrogens with zero attached hydrogens (tertiary/aromatic N) is 1. The van der Waals surface area contributed by atoms with E-state index in [-0.39, 0.29) is 17.1 Å². The highest BCUT2D eigenvalue weighted by atomic mass is 32.2. The molecule has 0 aliphatic carbocycles. The van der Waals surface area contributed by atoms with Crippen LogP contribution in [-0.2, 0) is 9.59 Å². The van der Waals surface area contributed by atoms with Crippen molar-refractivity contribution in [3.63, 3.8) is 0 Å². The van der Waals surface area contributed by atoms with Crippen molar-refractivity contribution in [2.24, 2.45) is 0 Å². The molecular formula is C23H25N3O2S2. The van der Waals surface area contributed by atoms with Gasteiger partial charge in [-0.05, 0) is 44.5 Å². The summed E-state index contributed by atoms with van der Waals surface area (Å²) in [6.45, 7) is 5.89. The highest BCUT2D eigenvalue weighted by Crippen LogP contribution is 2.28. The van der Waals surface area contributed by atoms with Gasteiger partial charge in [-0.1, -0.05) is 36.8 Å². The lowest BCUT2D eigenvalue weighted by molar-refractivity contribution is -0.116. The lowest BCUT2D eigenvalue weighted by atomic mass is 10.1. The minimum atomic E-state index is -0.280. The normalized spacial score (nSPS) is 11.7. The van der Waals surface area contributed by atoms with Gasteiger partial charge in [-0.15, -0.1) is 23.1 Å². The fraction of sp³-hybridized carbons (Fsp3) is 0.261. The van der Waals surface area contributed by atoms with E-state index in [4.69, 9.17) is 0 Å². The Balaban J connectivity index is 1.55. The molecule has 2 amide bonds. The number of anilines is 2. The smallest absolute Gasteiger partial charge is 0.239 e. The molecule has 3 rings (SSSR count). The summed E-state index contributed by atoms with van der Waals surface area (Å²) in [5.41, 5.74) is 3.85. The molecule has 0 aliphatic rings. The number of hydrogen-bond acceptors (Lipinski definition) is 5. The number of amides is 2. The Labute approximate surface area is 185 Å². The van der Waals surface area contributed by atoms with Crippen molar-refractivity contribution in [2.75, 3.05) is 10.6 Å². The minimum Gasteiger partial charge on any atom is -0.326 e. The standard InChI is InChI=1S/C23H25N3O2S2/c1-4-5-21(27)24-18-10-12-19(13-11-18)30-16(3)22(28)26-23-25-20(14-29-23)17-8-6-15(2)7-9-17/h6-14,16H,4-5H2,1-3H3,(H,24,27)(H,25,26,28). The second-order valence-corrected chi connectivity index (χ2v) is 9.25. The molecule has 1 aromatic heterocycles. The number of rotatable bonds is 8. The Morgan fingerprint density at radius 2 is 1.77 bits per heavy atom. The molecule has 0 fully saturated rings. The number of hydrogen-bond donors (Lipinski definition) is 2. The SMILES string of the molecule is CCCC(=O)Nc1ccc(SC(C)C(=O)Nc2nc(-c3ccc(C)cc3)cs2)cc1. The molecule has 3 aromatic rings. The van der Waals surface area contributed by atoms with E-state index in [1.54, 1.807) is 0 Å². The summed E-state index contributed by atoms with van der Waals surface area (Å²) >= 11 is 2.89. The van der Waals surface area contributed by atoms with Gasteiger partial charge < -0.3 is 10.6 Å². The quantitative estimate of drug-likeness (QED) is 0.424. The first-order chi connectivity index (χ1) is 14.4. The predicted molar refractivity (Wildman–Crippen MR) is 126 cm³/mol. The summed E-state index contributed by atoms with van der Waals surface area (Å²) in [5.74, 6) is -0.0794. The highest BCUT2D eigenvalue weighted by molar-refractivity contribution is 8.00. The molecule has 2 aromatic carbocycles. The third-order valence-electron chi connectivity index (χ3n) is 4.38. The maximum absolute atomic E-state index is 12.6. The van der Waals surface area contributed by atoms with Gasteiger partial charge in [0, 0.05) is 27.9 Å². The molecule has 0 saturated carbocycles. The molecule has 0 bridgehead atoms. The molecule has 30 heavy (non-hydrogen) atoms. The first kappa shape index (κ1) is 22.1. The molecular weight excluding hydrogens is 414 g/mol. The molecule has 156 valence electrons. The van der Waals surface area contributed by atoms with E-state index in [1.165, 1.54) is 28.7 Å². The molecule has 1 heterocycles. The van der Waals surface area contributed by atoms with Crippen LogP contribution < -0.4 is 10.6 Å². The zero-order valence-electron chi connectivity index (χ0n) is 17.3. The zero-order chi connectivity index (χ0) is 21.5. The zero-order valence-corrected chi connectivity index (χ0v) is 18.9. The van der Waals surface area contributed by atoms with E-state index in [9.17, 15) is 9.59 Å². The lowest BCUT2D eigenvalue weighted by Gasteiger charge is -2.11. The monoisotopic (exact) mass is 439 g/mol. The minimum absolute atomic E-state index is 0.0131. The number of nitrogens with one attached hydrogen (secondary N) is 2. The molecule has 0 radical (unpaired) electrons. The van der Waals surface area contributed by atoms with Crippen LogP contribution in [-0.4, -0.2) is 22.0 Å². The van der Waals surface area contributed by atoms with Gasteiger partial charge in [-0.2, -0.15) is 0 Å². The third-order valence-corrected chi connectivity index (χ3v) is 6.25. The Morgan fingerprint density at radius 1 is 1.07 bits per heavy atom. The number of thioether (sulfide) groups is 1. The summed E-state index contributed by atoms with van der Waals surface area (Å²) in [4.78, 5) is 29.7. The largest absolute Gasteiger partial charge is 0.326 e. The maximum Gasteiger partial charge on any atom is 0.239 e. The van der Waals surface area contributed by atoms with Gasteiger partial charge in [-0.3, -0.25) is 9.59 Å². The van der Waals surface area contributed by atoms with E-state index in [0.29, 0.717) is 11.6 Å². The number of carbonyl (C=O) groups excluding carboxylic acids is 2. The average Bonchev–Trinajstić information content (AvgIpc) is 3.18. The van der Waals surface area contributed by atoms with Crippen molar-refractivity contribution in [1.29, 1.82) is 0 Å². The van der Waals surface area contributed by atoms with E-state index < -0.39 is 0 Å². The molecule has 5 nitrogen and oxygen atoms in total. The second-order valence-electron chi connectivity index (χ2n) is 6.98. The molecule has 7 heteroatoms. The number of aromatic nitrogens is 1. The summed E-state index contributed by atoms with van der Waals surface area (Å²) in [5, 5.41) is 8.03. The van der Waals surface area contributed by atoms with Gasteiger partial charge in [0.1, 0.15) is 0 Å². The van der Waals surface area contributed by atoms with Crippen LogP contribution in [0.1, 0.15) is 32.3 Å². The van der Waals surface area contributed by atoms with Crippen molar-refractivity contribution in [3.05, 3.63) is 59.5 Å². The van der Waals surface area contributed by atoms with Gasteiger partial charge in [0.15, 0.2) is 5.13 Å². The van der Waals surface area contributed by atoms with E-state index in [2.05, 4.69) is 15.6 Å². The van der Waals surface area contributed by atoms with Gasteiger partial charge in [0.2, 0.25) is 11.8 Å². The predicted octanol–water partition coefficient (Wildman–Crippen LogP) is 5.98. The molecule has 0 saturated heterocycles. The molecule has 1 atom stereocenters. The maximum atomic E-state index is 12.6. The van der Waals surface area contributed by atoms with E-state index >= 15 is 0 Å². The van der Waals surface area contributed by atoms with Crippen molar-refractivity contribution >= 4 is 45.7 Å². The first-order valence-electron chi connectivity index (χ1n) is 9.84. The van der Waals surface area contributed by atoms with Crippen LogP contribution in [0.3, 0.4) is 0 Å². The Morgan fingerprint density at radius 3 is 2.43 bits per heavy atom. The lowest BCUT2D eigenvalue weighted by Crippen LogP contribution is -2.22. The Hall–Kier alpha value is -2.64. The van der Waals surface area contributed by atoms with Crippen molar-refractivity contribution < 1.29 is 9.59 Å². The Bertz CT molecular complexity index is 998. The third kappa shape index (κ3) is 6.18. The molecule has 1 unspecified atom stereocenters. The van der Waals surface area contributed by atoms with Gasteiger partial charge in [-0.25, -0.2) is 4.98 Å². The van der Waals surface area contributed by atoms with Crippen LogP contribution in [0.4, 0.5) is 10.8 Å². The van der Waals surface area contributed by atoms with Crippen LogP contribution in [0.5, 0.6) is 0 Å². The molecule has 2 N–H and O–H groups in total. The fourth-order valence-electron chi connectivity index (χ4n) is 2.72. The van der Waals surface area contributed by atoms with Crippen molar-refractivity contribution in [1.82, 2.24) is 4.98 Å². The average molecular weight is 440 g/mol. The van der Waals surface area contributed by atoms with Crippen molar-refractivity contribution in [2.45, 2.75) is 43.8 Å². The van der Waals surface area contributed by atoms with Gasteiger partial charge in [0.25, 0.3) is 0 Å². The molecule has 0 spiro atoms. The highest BCUT2D eigenvalue weighted by Gasteiger charge is 2.16. The number of thiazole rings is 1. The summed E-state index contributed by atoms with van der Waals surface area (Å²) in [6.07, 6.45) is 1.33. The Kier molecular flexibility index (Phi) is 7.65. The van der Waals surface area contributed by atoms with Crippen LogP contribution in [0, 0.1) is 6.92 Å². The summed E-state index contributed by atoms with van der Waals surface area (Å²) < 4.78 is 0. The number of aryl methyl sites for hydroxylation is 1. The summed E-state index contributed by atoms with van der Waals surface area (Å²) in [7, 11) is 0. The van der Waals surface area contributed by atoms with Crippen LogP contribution in [0.15, 0.2) is 58.8 Å². The van der Waals surface area contributed by atoms with E-state index in [1.807, 2.05) is 74.7 Å². The van der Waals surface area contributed by atoms with Crippen LogP contribution >= 0.6 is 23.1 Å². The fourth-order valence-corrected chi connectivity index (χ4v) is 4.31. The van der Waals surface area contributed by atoms with Crippen LogP contribution in [0.25, 0.3) is 11.3 Å². The molecule has 0 aliphatic heterocycles. The van der Waals surface area contributed by atoms with Gasteiger partial charge >= 0.3 is 0 Å². The van der Waals surface area contributed by atoms with Crippen LogP contribution in [0.2, 0.25) is 0 Å². The first-order valence-corrected chi connectivity index (χ1v) is 11.6. The number of carbonyl (C=O) groups is 2. The van der Waals surface area contributed by atoms with E-state index in [0.717, 1.165) is 28.3 Å². The summed E-state index contributed by atoms with van der Waals surface area (Å²) in [6, 6.07) is 15.7. The van der Waals surface area contributed by atoms with Crippen molar-refractivity contribution in [3.8, 4) is 11.3 Å². The topological polar surface area (TPSA) is 71.1 Å². The second kappa shape index (κ2) is 10.4. The number of benzene rings is 2.